The van der Waals surface area contributed by atoms with E-state index in [-0.39, 0.29) is 0 Å². The van der Waals surface area contributed by atoms with E-state index in [1.165, 1.54) is 12.8 Å². The molecule has 1 aliphatic heterocycles. The first-order valence-electron chi connectivity index (χ1n) is 7.66. The van der Waals surface area contributed by atoms with Crippen molar-refractivity contribution in [3.8, 4) is 0 Å². The normalized spacial score (nSPS) is 20.4. The number of piperidine rings is 1. The molecule has 0 aliphatic carbocycles. The Bertz CT molecular complexity index is 445. The molecule has 0 bridgehead atoms. The quantitative estimate of drug-likeness (QED) is 0.678. The Kier molecular flexibility index (Phi) is 5.04. The Labute approximate surface area is 121 Å². The molecule has 0 saturated carbocycles. The van der Waals surface area contributed by atoms with E-state index in [4.69, 9.17) is 10.3 Å². The number of guanidine groups is 1. The summed E-state index contributed by atoms with van der Waals surface area (Å²) in [5, 5.41) is 4.11. The number of aryl methyl sites for hydroxylation is 2. The van der Waals surface area contributed by atoms with Crippen molar-refractivity contribution in [1.29, 1.82) is 0 Å². The molecule has 1 atom stereocenters. The summed E-state index contributed by atoms with van der Waals surface area (Å²) in [6.07, 6.45) is 4.20. The van der Waals surface area contributed by atoms with Crippen molar-refractivity contribution in [3.05, 3.63) is 17.0 Å². The molecule has 2 N–H and O–H groups in total. The number of nitrogens with two attached hydrogens (primary N) is 1. The van der Waals surface area contributed by atoms with Crippen LogP contribution in [0.25, 0.3) is 0 Å². The van der Waals surface area contributed by atoms with Gasteiger partial charge in [-0.05, 0) is 25.2 Å². The molecule has 5 heteroatoms. The van der Waals surface area contributed by atoms with Gasteiger partial charge >= 0.3 is 0 Å². The molecule has 0 radical (unpaired) electrons. The van der Waals surface area contributed by atoms with E-state index >= 15 is 0 Å². The second-order valence-electron chi connectivity index (χ2n) is 5.61. The molecule has 1 unspecified atom stereocenters. The molecular formula is C15H26N4O. The van der Waals surface area contributed by atoms with E-state index in [0.29, 0.717) is 18.4 Å². The lowest BCUT2D eigenvalue weighted by molar-refractivity contribution is 0.270. The fourth-order valence-corrected chi connectivity index (χ4v) is 2.77. The van der Waals surface area contributed by atoms with E-state index in [1.807, 2.05) is 0 Å². The zero-order valence-corrected chi connectivity index (χ0v) is 12.9. The molecule has 1 fully saturated rings. The summed E-state index contributed by atoms with van der Waals surface area (Å²) in [7, 11) is 0. The third kappa shape index (κ3) is 3.32. The number of aliphatic imine (C=N–C) groups is 1. The molecule has 0 aromatic carbocycles. The van der Waals surface area contributed by atoms with Gasteiger partial charge in [0.15, 0.2) is 5.96 Å². The number of likely N-dealkylation sites (tertiary alicyclic amines) is 1. The third-order valence-electron chi connectivity index (χ3n) is 3.99. The average molecular weight is 278 g/mol. The Morgan fingerprint density at radius 1 is 1.45 bits per heavy atom. The highest BCUT2D eigenvalue weighted by Crippen LogP contribution is 2.18. The molecule has 5 nitrogen and oxygen atoms in total. The maximum absolute atomic E-state index is 6.14. The minimum absolute atomic E-state index is 0.576. The number of rotatable bonds is 4. The van der Waals surface area contributed by atoms with Crippen molar-refractivity contribution in [2.75, 3.05) is 13.1 Å². The van der Waals surface area contributed by atoms with Crippen LogP contribution in [0.3, 0.4) is 0 Å². The van der Waals surface area contributed by atoms with Crippen LogP contribution in [0.1, 0.15) is 50.6 Å². The van der Waals surface area contributed by atoms with Gasteiger partial charge in [-0.2, -0.15) is 0 Å². The molecule has 2 rings (SSSR count). The summed E-state index contributed by atoms with van der Waals surface area (Å²) >= 11 is 0. The molecule has 1 saturated heterocycles. The Hall–Kier alpha value is -1.52. The zero-order valence-electron chi connectivity index (χ0n) is 12.9. The molecule has 0 amide bonds. The topological polar surface area (TPSA) is 67.6 Å². The van der Waals surface area contributed by atoms with E-state index < -0.39 is 0 Å². The number of hydrogen-bond acceptors (Lipinski definition) is 3. The Morgan fingerprint density at radius 3 is 2.90 bits per heavy atom. The molecule has 2 heterocycles. The van der Waals surface area contributed by atoms with Crippen LogP contribution in [0.2, 0.25) is 0 Å². The lowest BCUT2D eigenvalue weighted by atomic mass is 10.0. The minimum atomic E-state index is 0.576. The maximum atomic E-state index is 6.14. The van der Waals surface area contributed by atoms with Crippen LogP contribution in [0.4, 0.5) is 0 Å². The second kappa shape index (κ2) is 6.77. The van der Waals surface area contributed by atoms with Crippen molar-refractivity contribution in [2.24, 2.45) is 16.6 Å². The SMILES string of the molecule is CCc1noc(CC)c1CN=C(N)N1CCCC(C)C1. The van der Waals surface area contributed by atoms with Crippen molar-refractivity contribution >= 4 is 5.96 Å². The molecule has 112 valence electrons. The van der Waals surface area contributed by atoms with Gasteiger partial charge in [0, 0.05) is 25.1 Å². The fourth-order valence-electron chi connectivity index (χ4n) is 2.77. The van der Waals surface area contributed by atoms with Crippen LogP contribution in [0.15, 0.2) is 9.52 Å². The van der Waals surface area contributed by atoms with E-state index in [9.17, 15) is 0 Å². The van der Waals surface area contributed by atoms with Gasteiger partial charge in [-0.3, -0.25) is 0 Å². The van der Waals surface area contributed by atoms with E-state index in [1.54, 1.807) is 0 Å². The van der Waals surface area contributed by atoms with Crippen LogP contribution < -0.4 is 5.73 Å². The van der Waals surface area contributed by atoms with E-state index in [2.05, 4.69) is 35.8 Å². The predicted molar refractivity (Wildman–Crippen MR) is 80.6 cm³/mol. The molecule has 1 aromatic rings. The average Bonchev–Trinajstić information content (AvgIpc) is 2.86. The monoisotopic (exact) mass is 278 g/mol. The molecule has 1 aliphatic rings. The largest absolute Gasteiger partial charge is 0.370 e. The molecule has 0 spiro atoms. The van der Waals surface area contributed by atoms with Crippen LogP contribution in [-0.2, 0) is 19.4 Å². The fraction of sp³-hybridized carbons (Fsp3) is 0.733. The predicted octanol–water partition coefficient (Wildman–Crippen LogP) is 2.35. The summed E-state index contributed by atoms with van der Waals surface area (Å²) in [5.74, 6) is 2.29. The van der Waals surface area contributed by atoms with Gasteiger partial charge in [-0.25, -0.2) is 4.99 Å². The van der Waals surface area contributed by atoms with Crippen molar-refractivity contribution in [3.63, 3.8) is 0 Å². The first-order valence-corrected chi connectivity index (χ1v) is 7.66. The highest BCUT2D eigenvalue weighted by atomic mass is 16.5. The molecule has 20 heavy (non-hydrogen) atoms. The second-order valence-corrected chi connectivity index (χ2v) is 5.61. The summed E-state index contributed by atoms with van der Waals surface area (Å²) in [6, 6.07) is 0. The number of nitrogens with zero attached hydrogens (tertiary/aromatic N) is 3. The van der Waals surface area contributed by atoms with Gasteiger partial charge in [0.1, 0.15) is 5.76 Å². The number of hydrogen-bond donors (Lipinski definition) is 1. The molecular weight excluding hydrogens is 252 g/mol. The van der Waals surface area contributed by atoms with E-state index in [0.717, 1.165) is 42.9 Å². The van der Waals surface area contributed by atoms with Gasteiger partial charge in [-0.15, -0.1) is 0 Å². The summed E-state index contributed by atoms with van der Waals surface area (Å²) < 4.78 is 5.36. The zero-order chi connectivity index (χ0) is 14.5. The van der Waals surface area contributed by atoms with Crippen LogP contribution in [-0.4, -0.2) is 29.1 Å². The molecule has 1 aromatic heterocycles. The maximum Gasteiger partial charge on any atom is 0.191 e. The van der Waals surface area contributed by atoms with Gasteiger partial charge in [0.2, 0.25) is 0 Å². The van der Waals surface area contributed by atoms with Gasteiger partial charge in [0.05, 0.1) is 12.2 Å². The lowest BCUT2D eigenvalue weighted by Crippen LogP contribution is -2.43. The summed E-state index contributed by atoms with van der Waals surface area (Å²) in [5.41, 5.74) is 8.25. The van der Waals surface area contributed by atoms with Crippen LogP contribution in [0.5, 0.6) is 0 Å². The van der Waals surface area contributed by atoms with Crippen molar-refractivity contribution in [2.45, 2.75) is 53.0 Å². The smallest absolute Gasteiger partial charge is 0.191 e. The highest BCUT2D eigenvalue weighted by molar-refractivity contribution is 5.78. The van der Waals surface area contributed by atoms with Gasteiger partial charge in [-0.1, -0.05) is 25.9 Å². The summed E-state index contributed by atoms with van der Waals surface area (Å²) in [6.45, 7) is 9.03. The third-order valence-corrected chi connectivity index (χ3v) is 3.99. The Morgan fingerprint density at radius 2 is 2.25 bits per heavy atom. The Balaban J connectivity index is 2.06. The van der Waals surface area contributed by atoms with Crippen molar-refractivity contribution < 1.29 is 4.52 Å². The van der Waals surface area contributed by atoms with Crippen LogP contribution >= 0.6 is 0 Å². The first-order chi connectivity index (χ1) is 9.65. The van der Waals surface area contributed by atoms with Crippen LogP contribution in [0, 0.1) is 5.92 Å². The van der Waals surface area contributed by atoms with Gasteiger partial charge in [0.25, 0.3) is 0 Å². The highest BCUT2D eigenvalue weighted by Gasteiger charge is 2.18. The lowest BCUT2D eigenvalue weighted by Gasteiger charge is -2.31. The van der Waals surface area contributed by atoms with Gasteiger partial charge < -0.3 is 15.2 Å². The van der Waals surface area contributed by atoms with Crippen molar-refractivity contribution in [1.82, 2.24) is 10.1 Å². The standard InChI is InChI=1S/C15H26N4O/c1-4-13-12(14(5-2)20-18-13)9-17-15(16)19-8-6-7-11(3)10-19/h11H,4-10H2,1-3H3,(H2,16,17). The number of aromatic nitrogens is 1. The first kappa shape index (κ1) is 14.9. The summed E-state index contributed by atoms with van der Waals surface area (Å²) in [4.78, 5) is 6.76. The minimum Gasteiger partial charge on any atom is -0.370 e.